The summed E-state index contributed by atoms with van der Waals surface area (Å²) in [7, 11) is 3.18. The Bertz CT molecular complexity index is 723. The minimum Gasteiger partial charge on any atom is -0.495 e. The molecule has 0 aromatic heterocycles. The summed E-state index contributed by atoms with van der Waals surface area (Å²) in [4.78, 5) is 4.31. The molecule has 0 saturated heterocycles. The Hall–Kier alpha value is -1.95. The molecule has 0 fully saturated rings. The van der Waals surface area contributed by atoms with E-state index in [0.717, 1.165) is 11.3 Å². The average Bonchev–Trinajstić information content (AvgIpc) is 2.55. The smallest absolute Gasteiger partial charge is 0.193 e. The zero-order valence-corrected chi connectivity index (χ0v) is 14.9. The van der Waals surface area contributed by atoms with Gasteiger partial charge < -0.3 is 20.5 Å². The van der Waals surface area contributed by atoms with E-state index in [9.17, 15) is 0 Å². The molecule has 0 bridgehead atoms. The summed E-state index contributed by atoms with van der Waals surface area (Å²) in [6.45, 7) is 0.361. The van der Waals surface area contributed by atoms with E-state index in [1.807, 2.05) is 24.3 Å². The molecule has 5 nitrogen and oxygen atoms in total. The topological polar surface area (TPSA) is 68.9 Å². The van der Waals surface area contributed by atoms with Crippen molar-refractivity contribution in [1.82, 2.24) is 0 Å². The first-order valence-corrected chi connectivity index (χ1v) is 7.98. The predicted octanol–water partition coefficient (Wildman–Crippen LogP) is 4.12. The molecule has 2 aromatic rings. The van der Waals surface area contributed by atoms with Crippen LogP contribution in [0.1, 0.15) is 11.7 Å². The molecule has 7 heteroatoms. The standard InChI is InChI=1S/C17H19Cl2N3O2/c1-23-15-7-6-13(9-14(15)19)22-17(20)21-10-16(24-2)11-4-3-5-12(18)8-11/h3-9,16H,10H2,1-2H3,(H3,20,21,22). The molecule has 24 heavy (non-hydrogen) atoms. The summed E-state index contributed by atoms with van der Waals surface area (Å²) in [6.07, 6.45) is -0.233. The van der Waals surface area contributed by atoms with Crippen molar-refractivity contribution in [3.63, 3.8) is 0 Å². The number of aliphatic imine (C=N–C) groups is 1. The number of ether oxygens (including phenoxy) is 2. The second-order valence-corrected chi connectivity index (χ2v) is 5.82. The number of methoxy groups -OCH3 is 2. The van der Waals surface area contributed by atoms with Gasteiger partial charge in [-0.2, -0.15) is 0 Å². The fourth-order valence-corrected chi connectivity index (χ4v) is 2.59. The number of benzene rings is 2. The Labute approximate surface area is 151 Å². The molecule has 1 unspecified atom stereocenters. The number of anilines is 1. The van der Waals surface area contributed by atoms with Crippen molar-refractivity contribution >= 4 is 34.8 Å². The molecule has 3 N–H and O–H groups in total. The van der Waals surface area contributed by atoms with Gasteiger partial charge in [0.15, 0.2) is 5.96 Å². The maximum Gasteiger partial charge on any atom is 0.193 e. The molecule has 2 rings (SSSR count). The fourth-order valence-electron chi connectivity index (χ4n) is 2.14. The van der Waals surface area contributed by atoms with Crippen LogP contribution in [0.3, 0.4) is 0 Å². The molecule has 0 radical (unpaired) electrons. The molecule has 0 aliphatic heterocycles. The molecule has 2 aromatic carbocycles. The molecule has 0 aliphatic rings. The fraction of sp³-hybridized carbons (Fsp3) is 0.235. The van der Waals surface area contributed by atoms with E-state index in [2.05, 4.69) is 10.3 Å². The maximum absolute atomic E-state index is 6.08. The number of halogens is 2. The summed E-state index contributed by atoms with van der Waals surface area (Å²) >= 11 is 12.1. The average molecular weight is 368 g/mol. The van der Waals surface area contributed by atoms with Gasteiger partial charge in [-0.15, -0.1) is 0 Å². The molecule has 0 aliphatic carbocycles. The van der Waals surface area contributed by atoms with Gasteiger partial charge in [0.1, 0.15) is 11.9 Å². The molecule has 0 heterocycles. The minimum atomic E-state index is -0.233. The van der Waals surface area contributed by atoms with Crippen LogP contribution in [0.5, 0.6) is 5.75 Å². The molecule has 128 valence electrons. The van der Waals surface area contributed by atoms with Crippen molar-refractivity contribution in [1.29, 1.82) is 0 Å². The van der Waals surface area contributed by atoms with Crippen molar-refractivity contribution in [2.24, 2.45) is 10.7 Å². The highest BCUT2D eigenvalue weighted by atomic mass is 35.5. The largest absolute Gasteiger partial charge is 0.495 e. The highest BCUT2D eigenvalue weighted by molar-refractivity contribution is 6.32. The van der Waals surface area contributed by atoms with Crippen molar-refractivity contribution in [2.75, 3.05) is 26.1 Å². The zero-order valence-electron chi connectivity index (χ0n) is 13.4. The van der Waals surface area contributed by atoms with Gasteiger partial charge in [0.05, 0.1) is 18.7 Å². The Balaban J connectivity index is 2.03. The minimum absolute atomic E-state index is 0.233. The normalized spacial score (nSPS) is 12.8. The second kappa shape index (κ2) is 8.78. The number of guanidine groups is 1. The monoisotopic (exact) mass is 367 g/mol. The number of rotatable bonds is 6. The molecule has 0 spiro atoms. The first kappa shape index (κ1) is 18.4. The zero-order chi connectivity index (χ0) is 17.5. The van der Waals surface area contributed by atoms with Gasteiger partial charge in [-0.25, -0.2) is 0 Å². The Morgan fingerprint density at radius 1 is 1.21 bits per heavy atom. The van der Waals surface area contributed by atoms with Gasteiger partial charge >= 0.3 is 0 Å². The Morgan fingerprint density at radius 3 is 2.62 bits per heavy atom. The van der Waals surface area contributed by atoms with Gasteiger partial charge in [-0.1, -0.05) is 35.3 Å². The van der Waals surface area contributed by atoms with Crippen LogP contribution >= 0.6 is 23.2 Å². The number of nitrogens with two attached hydrogens (primary N) is 1. The van der Waals surface area contributed by atoms with Crippen LogP contribution in [-0.4, -0.2) is 26.7 Å². The van der Waals surface area contributed by atoms with Crippen LogP contribution in [-0.2, 0) is 4.74 Å². The van der Waals surface area contributed by atoms with Crippen LogP contribution in [0.15, 0.2) is 47.5 Å². The SMILES string of the molecule is COc1ccc(NC(N)=NCC(OC)c2cccc(Cl)c2)cc1Cl. The van der Waals surface area contributed by atoms with E-state index in [0.29, 0.717) is 22.3 Å². The second-order valence-electron chi connectivity index (χ2n) is 4.98. The van der Waals surface area contributed by atoms with Crippen molar-refractivity contribution < 1.29 is 9.47 Å². The van der Waals surface area contributed by atoms with Gasteiger partial charge in [0.2, 0.25) is 0 Å². The third-order valence-corrected chi connectivity index (χ3v) is 3.89. The van der Waals surface area contributed by atoms with Crippen LogP contribution in [0.25, 0.3) is 0 Å². The summed E-state index contributed by atoms with van der Waals surface area (Å²) in [5.74, 6) is 0.860. The van der Waals surface area contributed by atoms with E-state index >= 15 is 0 Å². The first-order valence-electron chi connectivity index (χ1n) is 7.22. The van der Waals surface area contributed by atoms with E-state index < -0.39 is 0 Å². The molecular weight excluding hydrogens is 349 g/mol. The maximum atomic E-state index is 6.08. The van der Waals surface area contributed by atoms with Crippen LogP contribution in [0, 0.1) is 0 Å². The van der Waals surface area contributed by atoms with E-state index in [1.165, 1.54) is 0 Å². The van der Waals surface area contributed by atoms with Gasteiger partial charge in [-0.3, -0.25) is 4.99 Å². The number of nitrogens with one attached hydrogen (secondary N) is 1. The van der Waals surface area contributed by atoms with Crippen LogP contribution in [0.2, 0.25) is 10.0 Å². The summed E-state index contributed by atoms with van der Waals surface area (Å²) in [5, 5.41) is 4.12. The van der Waals surface area contributed by atoms with Gasteiger partial charge in [0.25, 0.3) is 0 Å². The third-order valence-electron chi connectivity index (χ3n) is 3.36. The lowest BCUT2D eigenvalue weighted by molar-refractivity contribution is 0.111. The van der Waals surface area contributed by atoms with Crippen molar-refractivity contribution in [2.45, 2.75) is 6.10 Å². The highest BCUT2D eigenvalue weighted by Crippen LogP contribution is 2.27. The number of nitrogens with zero attached hydrogens (tertiary/aromatic N) is 1. The predicted molar refractivity (Wildman–Crippen MR) is 99.3 cm³/mol. The highest BCUT2D eigenvalue weighted by Gasteiger charge is 2.10. The molecule has 0 amide bonds. The van der Waals surface area contributed by atoms with E-state index in [1.54, 1.807) is 32.4 Å². The Morgan fingerprint density at radius 2 is 2.00 bits per heavy atom. The number of hydrogen-bond donors (Lipinski definition) is 2. The first-order chi connectivity index (χ1) is 11.5. The summed E-state index contributed by atoms with van der Waals surface area (Å²) in [5.41, 5.74) is 7.58. The van der Waals surface area contributed by atoms with Crippen molar-refractivity contribution in [3.05, 3.63) is 58.1 Å². The van der Waals surface area contributed by atoms with Crippen LogP contribution in [0.4, 0.5) is 5.69 Å². The molecule has 0 saturated carbocycles. The van der Waals surface area contributed by atoms with Gasteiger partial charge in [0, 0.05) is 17.8 Å². The van der Waals surface area contributed by atoms with Crippen LogP contribution < -0.4 is 15.8 Å². The lowest BCUT2D eigenvalue weighted by atomic mass is 10.1. The van der Waals surface area contributed by atoms with Gasteiger partial charge in [-0.05, 0) is 35.9 Å². The summed E-state index contributed by atoms with van der Waals surface area (Å²) in [6, 6.07) is 12.7. The number of hydrogen-bond acceptors (Lipinski definition) is 3. The lowest BCUT2D eigenvalue weighted by Gasteiger charge is -2.14. The third kappa shape index (κ3) is 5.03. The molecular formula is C17H19Cl2N3O2. The quantitative estimate of drug-likeness (QED) is 0.595. The van der Waals surface area contributed by atoms with Crippen molar-refractivity contribution in [3.8, 4) is 5.75 Å². The molecule has 1 atom stereocenters. The van der Waals surface area contributed by atoms with E-state index in [4.69, 9.17) is 38.4 Å². The summed E-state index contributed by atoms with van der Waals surface area (Å²) < 4.78 is 10.6. The Kier molecular flexibility index (Phi) is 6.73. The lowest BCUT2D eigenvalue weighted by Crippen LogP contribution is -2.23. The van der Waals surface area contributed by atoms with E-state index in [-0.39, 0.29) is 12.1 Å².